The van der Waals surface area contributed by atoms with Gasteiger partial charge in [0.2, 0.25) is 0 Å². The van der Waals surface area contributed by atoms with Gasteiger partial charge in [0, 0.05) is 38.2 Å². The van der Waals surface area contributed by atoms with Crippen LogP contribution in [0.4, 0.5) is 10.2 Å². The third kappa shape index (κ3) is 7.86. The number of rotatable bonds is 9. The van der Waals surface area contributed by atoms with Crippen molar-refractivity contribution in [2.24, 2.45) is 0 Å². The van der Waals surface area contributed by atoms with Gasteiger partial charge in [-0.2, -0.15) is 0 Å². The molecule has 182 valence electrons. The molecule has 0 bridgehead atoms. The second kappa shape index (κ2) is 12.5. The maximum atomic E-state index is 13.4. The van der Waals surface area contributed by atoms with Crippen molar-refractivity contribution < 1.29 is 18.8 Å². The Morgan fingerprint density at radius 3 is 2.97 bits per heavy atom. The predicted octanol–water partition coefficient (Wildman–Crippen LogP) is 3.32. The molecule has 1 aromatic heterocycles. The number of benzene rings is 1. The van der Waals surface area contributed by atoms with Crippen LogP contribution in [-0.4, -0.2) is 59.3 Å². The molecule has 0 radical (unpaired) electrons. The van der Waals surface area contributed by atoms with Gasteiger partial charge >= 0.3 is 0 Å². The van der Waals surface area contributed by atoms with Gasteiger partial charge in [-0.15, -0.1) is 0 Å². The first kappa shape index (κ1) is 24.3. The molecule has 34 heavy (non-hydrogen) atoms. The minimum atomic E-state index is -0.381. The van der Waals surface area contributed by atoms with E-state index in [0.29, 0.717) is 18.1 Å². The molecule has 0 spiro atoms. The molecule has 0 aliphatic carbocycles. The first-order chi connectivity index (χ1) is 16.6. The number of nitrogens with one attached hydrogen (secondary N) is 2. The van der Waals surface area contributed by atoms with E-state index in [2.05, 4.69) is 25.7 Å². The number of ether oxygens (including phenoxy) is 1. The number of piperidine rings is 1. The lowest BCUT2D eigenvalue weighted by molar-refractivity contribution is -0.198. The Hall–Kier alpha value is -2.88. The van der Waals surface area contributed by atoms with Crippen LogP contribution >= 0.6 is 0 Å². The standard InChI is InChI=1S/C25H32FN5O3/c26-20-6-3-5-19(15-20)11-13-31-12-4-7-22(18-31)29-23-17-27-21(16-28-23)9-10-24(32)30-34-25-8-1-2-14-33-25/h3,5-6,9-10,15-17,22,25H,1-2,4,7-8,11-14,18H2,(H,28,29)(H,30,32)/b10-9+/t22-,25?/m1/s1. The normalized spacial score (nSPS) is 21.4. The number of aromatic nitrogens is 2. The average molecular weight is 470 g/mol. The summed E-state index contributed by atoms with van der Waals surface area (Å²) in [5.74, 6) is 0.144. The Labute approximate surface area is 199 Å². The lowest BCUT2D eigenvalue weighted by atomic mass is 10.0. The number of carbonyl (C=O) groups is 1. The molecule has 2 atom stereocenters. The van der Waals surface area contributed by atoms with Crippen LogP contribution in [0.3, 0.4) is 0 Å². The molecular formula is C25H32FN5O3. The fourth-order valence-electron chi connectivity index (χ4n) is 4.19. The monoisotopic (exact) mass is 469 g/mol. The quantitative estimate of drug-likeness (QED) is 0.430. The van der Waals surface area contributed by atoms with Crippen molar-refractivity contribution in [3.05, 3.63) is 59.8 Å². The molecule has 2 fully saturated rings. The first-order valence-corrected chi connectivity index (χ1v) is 11.9. The summed E-state index contributed by atoms with van der Waals surface area (Å²) in [5.41, 5.74) is 3.98. The Bertz CT molecular complexity index is 950. The molecule has 4 rings (SSSR count). The summed E-state index contributed by atoms with van der Waals surface area (Å²) in [6, 6.07) is 7.09. The van der Waals surface area contributed by atoms with Gasteiger partial charge in [-0.1, -0.05) is 12.1 Å². The Kier molecular flexibility index (Phi) is 8.95. The highest BCUT2D eigenvalue weighted by Gasteiger charge is 2.20. The smallest absolute Gasteiger partial charge is 0.267 e. The van der Waals surface area contributed by atoms with Gasteiger partial charge in [-0.3, -0.25) is 9.78 Å². The summed E-state index contributed by atoms with van der Waals surface area (Å²) in [6.45, 7) is 3.50. The summed E-state index contributed by atoms with van der Waals surface area (Å²) < 4.78 is 18.8. The molecule has 0 saturated carbocycles. The molecule has 2 aliphatic heterocycles. The van der Waals surface area contributed by atoms with Crippen molar-refractivity contribution in [3.8, 4) is 0 Å². The molecule has 3 heterocycles. The second-order valence-corrected chi connectivity index (χ2v) is 8.70. The summed E-state index contributed by atoms with van der Waals surface area (Å²) >= 11 is 0. The van der Waals surface area contributed by atoms with E-state index in [1.807, 2.05) is 6.07 Å². The largest absolute Gasteiger partial charge is 0.365 e. The lowest BCUT2D eigenvalue weighted by Crippen LogP contribution is -2.43. The fourth-order valence-corrected chi connectivity index (χ4v) is 4.19. The van der Waals surface area contributed by atoms with Crippen LogP contribution in [0.15, 0.2) is 42.7 Å². The summed E-state index contributed by atoms with van der Waals surface area (Å²) in [5, 5.41) is 3.45. The van der Waals surface area contributed by atoms with E-state index >= 15 is 0 Å². The molecule has 1 amide bonds. The molecular weight excluding hydrogens is 437 g/mol. The minimum Gasteiger partial charge on any atom is -0.365 e. The number of halogens is 1. The molecule has 2 N–H and O–H groups in total. The number of hydrogen-bond acceptors (Lipinski definition) is 7. The highest BCUT2D eigenvalue weighted by atomic mass is 19.1. The molecule has 1 unspecified atom stereocenters. The van der Waals surface area contributed by atoms with E-state index in [4.69, 9.17) is 9.57 Å². The molecule has 9 heteroatoms. The van der Waals surface area contributed by atoms with Crippen LogP contribution in [0.2, 0.25) is 0 Å². The third-order valence-electron chi connectivity index (χ3n) is 5.97. The van der Waals surface area contributed by atoms with E-state index in [1.54, 1.807) is 30.6 Å². The van der Waals surface area contributed by atoms with Crippen molar-refractivity contribution in [1.29, 1.82) is 0 Å². The minimum absolute atomic E-state index is 0.185. The number of hydrogen-bond donors (Lipinski definition) is 2. The maximum Gasteiger partial charge on any atom is 0.267 e. The van der Waals surface area contributed by atoms with Crippen molar-refractivity contribution in [2.45, 2.75) is 50.9 Å². The van der Waals surface area contributed by atoms with Crippen LogP contribution in [0.5, 0.6) is 0 Å². The van der Waals surface area contributed by atoms with Gasteiger partial charge in [0.05, 0.1) is 18.1 Å². The van der Waals surface area contributed by atoms with Crippen LogP contribution < -0.4 is 10.8 Å². The lowest BCUT2D eigenvalue weighted by Gasteiger charge is -2.33. The van der Waals surface area contributed by atoms with E-state index in [0.717, 1.165) is 63.7 Å². The number of anilines is 1. The highest BCUT2D eigenvalue weighted by Crippen LogP contribution is 2.16. The third-order valence-corrected chi connectivity index (χ3v) is 5.97. The van der Waals surface area contributed by atoms with Gasteiger partial charge < -0.3 is 15.0 Å². The Balaban J connectivity index is 1.19. The zero-order chi connectivity index (χ0) is 23.6. The van der Waals surface area contributed by atoms with Gasteiger partial charge in [0.25, 0.3) is 5.91 Å². The molecule has 8 nitrogen and oxygen atoms in total. The highest BCUT2D eigenvalue weighted by molar-refractivity contribution is 5.90. The summed E-state index contributed by atoms with van der Waals surface area (Å²) in [7, 11) is 0. The topological polar surface area (TPSA) is 88.6 Å². The average Bonchev–Trinajstić information content (AvgIpc) is 2.87. The zero-order valence-electron chi connectivity index (χ0n) is 19.3. The van der Waals surface area contributed by atoms with E-state index in [1.165, 1.54) is 12.1 Å². The van der Waals surface area contributed by atoms with Crippen LogP contribution in [0.1, 0.15) is 43.4 Å². The van der Waals surface area contributed by atoms with Crippen LogP contribution in [0, 0.1) is 5.82 Å². The number of carbonyl (C=O) groups excluding carboxylic acids is 1. The number of nitrogens with zero attached hydrogens (tertiary/aromatic N) is 3. The van der Waals surface area contributed by atoms with Crippen molar-refractivity contribution in [2.75, 3.05) is 31.6 Å². The van der Waals surface area contributed by atoms with Crippen LogP contribution in [0.25, 0.3) is 6.08 Å². The first-order valence-electron chi connectivity index (χ1n) is 11.9. The summed E-state index contributed by atoms with van der Waals surface area (Å²) in [6.07, 6.45) is 11.7. The van der Waals surface area contributed by atoms with Crippen molar-refractivity contribution in [1.82, 2.24) is 20.3 Å². The SMILES string of the molecule is O=C(/C=C/c1cnc(N[C@@H]2CCCN(CCc3cccc(F)c3)C2)cn1)NOC1CCCCO1. The van der Waals surface area contributed by atoms with E-state index in [9.17, 15) is 9.18 Å². The van der Waals surface area contributed by atoms with Gasteiger partial charge in [0.15, 0.2) is 6.29 Å². The van der Waals surface area contributed by atoms with Gasteiger partial charge in [-0.05, 0) is 62.4 Å². The molecule has 2 aromatic rings. The summed E-state index contributed by atoms with van der Waals surface area (Å²) in [4.78, 5) is 28.4. The predicted molar refractivity (Wildman–Crippen MR) is 127 cm³/mol. The second-order valence-electron chi connectivity index (χ2n) is 8.70. The molecule has 2 aliphatic rings. The van der Waals surface area contributed by atoms with E-state index < -0.39 is 0 Å². The Morgan fingerprint density at radius 2 is 2.18 bits per heavy atom. The number of hydroxylamine groups is 1. The van der Waals surface area contributed by atoms with E-state index in [-0.39, 0.29) is 24.1 Å². The Morgan fingerprint density at radius 1 is 1.24 bits per heavy atom. The number of likely N-dealkylation sites (tertiary alicyclic amines) is 1. The van der Waals surface area contributed by atoms with Crippen molar-refractivity contribution in [3.63, 3.8) is 0 Å². The van der Waals surface area contributed by atoms with Gasteiger partial charge in [-0.25, -0.2) is 19.7 Å². The molecule has 1 aromatic carbocycles. The fraction of sp³-hybridized carbons (Fsp3) is 0.480. The zero-order valence-corrected chi connectivity index (χ0v) is 19.3. The maximum absolute atomic E-state index is 13.4. The van der Waals surface area contributed by atoms with Gasteiger partial charge in [0.1, 0.15) is 11.6 Å². The number of amides is 1. The van der Waals surface area contributed by atoms with Crippen molar-refractivity contribution >= 4 is 17.8 Å². The molecule has 2 saturated heterocycles. The van der Waals surface area contributed by atoms with Crippen LogP contribution in [-0.2, 0) is 20.8 Å².